The van der Waals surface area contributed by atoms with E-state index in [1.807, 2.05) is 45.1 Å². The third-order valence-corrected chi connectivity index (χ3v) is 5.66. The SMILES string of the molecule is C=C[C@]1(C)C[C@H](/C=C(\C)CC/C=C(\C)C=O)Oc2oc3cccc(C)c3c(=O)c21. The smallest absolute Gasteiger partial charge is 0.293 e. The number of ether oxygens (including phenoxy) is 1. The minimum atomic E-state index is -0.542. The molecule has 0 spiro atoms. The summed E-state index contributed by atoms with van der Waals surface area (Å²) < 4.78 is 12.1. The van der Waals surface area contributed by atoms with E-state index in [0.717, 1.165) is 30.3 Å². The first-order valence-electron chi connectivity index (χ1n) is 9.95. The normalized spacial score (nSPS) is 22.1. The van der Waals surface area contributed by atoms with Crippen molar-refractivity contribution in [1.82, 2.24) is 0 Å². The van der Waals surface area contributed by atoms with Crippen LogP contribution in [0.1, 0.15) is 51.2 Å². The Kier molecular flexibility index (Phi) is 5.92. The second-order valence-corrected chi connectivity index (χ2v) is 8.14. The molecule has 1 aromatic carbocycles. The van der Waals surface area contributed by atoms with E-state index in [-0.39, 0.29) is 17.5 Å². The van der Waals surface area contributed by atoms with E-state index in [1.54, 1.807) is 13.0 Å². The summed E-state index contributed by atoms with van der Waals surface area (Å²) in [6.07, 6.45) is 8.74. The lowest BCUT2D eigenvalue weighted by Gasteiger charge is -2.35. The maximum Gasteiger partial charge on any atom is 0.293 e. The van der Waals surface area contributed by atoms with Crippen LogP contribution in [-0.2, 0) is 10.2 Å². The Morgan fingerprint density at radius 2 is 2.10 bits per heavy atom. The lowest BCUT2D eigenvalue weighted by atomic mass is 9.76. The Balaban J connectivity index is 1.98. The Morgan fingerprint density at radius 1 is 1.34 bits per heavy atom. The number of allylic oxidation sites excluding steroid dienone is 4. The summed E-state index contributed by atoms with van der Waals surface area (Å²) in [6, 6.07) is 5.58. The van der Waals surface area contributed by atoms with Gasteiger partial charge in [0, 0.05) is 11.8 Å². The molecule has 0 amide bonds. The highest BCUT2D eigenvalue weighted by Gasteiger charge is 2.40. The molecule has 0 bridgehead atoms. The van der Waals surface area contributed by atoms with Crippen LogP contribution in [0.25, 0.3) is 11.0 Å². The Hall–Kier alpha value is -2.88. The molecule has 29 heavy (non-hydrogen) atoms. The van der Waals surface area contributed by atoms with Crippen molar-refractivity contribution in [3.05, 3.63) is 75.5 Å². The molecule has 4 heteroatoms. The van der Waals surface area contributed by atoms with Crippen molar-refractivity contribution in [3.8, 4) is 5.95 Å². The molecular formula is C25H28O4. The van der Waals surface area contributed by atoms with E-state index in [2.05, 4.69) is 12.7 Å². The molecule has 0 unspecified atom stereocenters. The number of carbonyl (C=O) groups excluding carboxylic acids is 1. The number of fused-ring (bicyclic) bond motifs is 2. The van der Waals surface area contributed by atoms with Gasteiger partial charge < -0.3 is 9.15 Å². The van der Waals surface area contributed by atoms with Crippen LogP contribution in [0.3, 0.4) is 0 Å². The Labute approximate surface area is 171 Å². The highest BCUT2D eigenvalue weighted by Crippen LogP contribution is 2.42. The third-order valence-electron chi connectivity index (χ3n) is 5.66. The van der Waals surface area contributed by atoms with Crippen molar-refractivity contribution < 1.29 is 13.9 Å². The van der Waals surface area contributed by atoms with Gasteiger partial charge in [0.2, 0.25) is 5.43 Å². The number of hydrogen-bond donors (Lipinski definition) is 0. The van der Waals surface area contributed by atoms with Gasteiger partial charge in [-0.2, -0.15) is 0 Å². The zero-order valence-electron chi connectivity index (χ0n) is 17.6. The molecule has 0 radical (unpaired) electrons. The van der Waals surface area contributed by atoms with Crippen molar-refractivity contribution in [1.29, 1.82) is 0 Å². The molecule has 1 aromatic heterocycles. The summed E-state index contributed by atoms with van der Waals surface area (Å²) in [4.78, 5) is 24.0. The summed E-state index contributed by atoms with van der Waals surface area (Å²) in [5.41, 5.74) is 3.29. The van der Waals surface area contributed by atoms with Crippen LogP contribution < -0.4 is 10.2 Å². The molecule has 152 valence electrons. The summed E-state index contributed by atoms with van der Waals surface area (Å²) in [7, 11) is 0. The van der Waals surface area contributed by atoms with Gasteiger partial charge in [-0.05, 0) is 56.9 Å². The van der Waals surface area contributed by atoms with Gasteiger partial charge in [-0.25, -0.2) is 0 Å². The molecule has 1 aliphatic rings. The van der Waals surface area contributed by atoms with E-state index in [9.17, 15) is 9.59 Å². The molecule has 0 saturated carbocycles. The summed E-state index contributed by atoms with van der Waals surface area (Å²) in [5, 5.41) is 0.602. The molecule has 3 rings (SSSR count). The second kappa shape index (κ2) is 8.24. The predicted octanol–water partition coefficient (Wildman–Crippen LogP) is 5.57. The van der Waals surface area contributed by atoms with Gasteiger partial charge >= 0.3 is 0 Å². The molecule has 2 heterocycles. The van der Waals surface area contributed by atoms with Crippen molar-refractivity contribution in [3.63, 3.8) is 0 Å². The standard InChI is InChI=1S/C25H28O4/c1-6-25(5)14-19(13-16(2)9-7-10-17(3)15-26)28-24-22(25)23(27)21-18(4)11-8-12-20(21)29-24/h6,8,10-13,15,19H,1,7,9,14H2,2-5H3/b16-13+,17-10+/t19-,25+/m0/s1. The van der Waals surface area contributed by atoms with Gasteiger partial charge in [-0.15, -0.1) is 6.58 Å². The fourth-order valence-corrected chi connectivity index (χ4v) is 3.91. The average molecular weight is 392 g/mol. The minimum absolute atomic E-state index is 0.0459. The van der Waals surface area contributed by atoms with Gasteiger partial charge in [0.25, 0.3) is 5.95 Å². The van der Waals surface area contributed by atoms with E-state index in [4.69, 9.17) is 9.15 Å². The van der Waals surface area contributed by atoms with Crippen molar-refractivity contribution in [2.75, 3.05) is 0 Å². The largest absolute Gasteiger partial charge is 0.457 e. The summed E-state index contributed by atoms with van der Waals surface area (Å²) in [5.74, 6) is 0.285. The molecule has 0 saturated heterocycles. The highest BCUT2D eigenvalue weighted by atomic mass is 16.6. The number of carbonyl (C=O) groups is 1. The topological polar surface area (TPSA) is 56.5 Å². The molecular weight excluding hydrogens is 364 g/mol. The van der Waals surface area contributed by atoms with Crippen LogP contribution in [0.2, 0.25) is 0 Å². The fourth-order valence-electron chi connectivity index (χ4n) is 3.91. The zero-order chi connectivity index (χ0) is 21.2. The van der Waals surface area contributed by atoms with Crippen LogP contribution >= 0.6 is 0 Å². The van der Waals surface area contributed by atoms with E-state index < -0.39 is 5.41 Å². The first-order chi connectivity index (χ1) is 13.8. The number of rotatable bonds is 6. The van der Waals surface area contributed by atoms with Crippen LogP contribution in [-0.4, -0.2) is 12.4 Å². The van der Waals surface area contributed by atoms with Crippen LogP contribution in [0.4, 0.5) is 0 Å². The lowest BCUT2D eigenvalue weighted by Crippen LogP contribution is -2.38. The van der Waals surface area contributed by atoms with Gasteiger partial charge in [-0.3, -0.25) is 9.59 Å². The molecule has 0 aliphatic carbocycles. The molecule has 2 aromatic rings. The van der Waals surface area contributed by atoms with Crippen molar-refractivity contribution >= 4 is 17.3 Å². The molecule has 0 N–H and O–H groups in total. The number of aryl methyl sites for hydroxylation is 1. The quantitative estimate of drug-likeness (QED) is 0.366. The third kappa shape index (κ3) is 4.12. The highest BCUT2D eigenvalue weighted by molar-refractivity contribution is 5.81. The van der Waals surface area contributed by atoms with E-state index in [0.29, 0.717) is 23.0 Å². The van der Waals surface area contributed by atoms with Crippen molar-refractivity contribution in [2.24, 2.45) is 0 Å². The predicted molar refractivity (Wildman–Crippen MR) is 117 cm³/mol. The van der Waals surface area contributed by atoms with Crippen LogP contribution in [0.15, 0.2) is 63.4 Å². The van der Waals surface area contributed by atoms with Crippen LogP contribution in [0, 0.1) is 6.92 Å². The van der Waals surface area contributed by atoms with Gasteiger partial charge in [0.1, 0.15) is 18.0 Å². The Morgan fingerprint density at radius 3 is 2.79 bits per heavy atom. The monoisotopic (exact) mass is 392 g/mol. The minimum Gasteiger partial charge on any atom is -0.457 e. The number of aldehydes is 1. The van der Waals surface area contributed by atoms with E-state index in [1.165, 1.54) is 5.57 Å². The fraction of sp³-hybridized carbons (Fsp3) is 0.360. The zero-order valence-corrected chi connectivity index (χ0v) is 17.6. The molecule has 4 nitrogen and oxygen atoms in total. The second-order valence-electron chi connectivity index (χ2n) is 8.14. The average Bonchev–Trinajstić information content (AvgIpc) is 2.67. The van der Waals surface area contributed by atoms with Gasteiger partial charge in [0.05, 0.1) is 10.9 Å². The first kappa shape index (κ1) is 20.8. The molecule has 2 atom stereocenters. The maximum atomic E-state index is 13.3. The lowest BCUT2D eigenvalue weighted by molar-refractivity contribution is -0.104. The summed E-state index contributed by atoms with van der Waals surface area (Å²) in [6.45, 7) is 11.8. The maximum absolute atomic E-state index is 13.3. The molecule has 1 aliphatic heterocycles. The van der Waals surface area contributed by atoms with Gasteiger partial charge in [0.15, 0.2) is 0 Å². The number of benzene rings is 1. The van der Waals surface area contributed by atoms with Crippen LogP contribution in [0.5, 0.6) is 5.95 Å². The van der Waals surface area contributed by atoms with E-state index >= 15 is 0 Å². The first-order valence-corrected chi connectivity index (χ1v) is 9.95. The summed E-state index contributed by atoms with van der Waals surface area (Å²) >= 11 is 0. The molecule has 0 fully saturated rings. The number of hydrogen-bond acceptors (Lipinski definition) is 4. The Bertz CT molecular complexity index is 1070. The van der Waals surface area contributed by atoms with Crippen molar-refractivity contribution in [2.45, 2.75) is 58.5 Å². The van der Waals surface area contributed by atoms with Gasteiger partial charge in [-0.1, -0.05) is 36.8 Å².